The number of hydrogen-bond acceptors (Lipinski definition) is 4. The fourth-order valence-corrected chi connectivity index (χ4v) is 2.84. The number of rotatable bonds is 8. The van der Waals surface area contributed by atoms with Gasteiger partial charge in [-0.3, -0.25) is 4.79 Å². The number of pyridine rings is 1. The number of unbranched alkanes of at least 4 members (excludes halogenated alkanes) is 1. The first kappa shape index (κ1) is 17.5. The van der Waals surface area contributed by atoms with Crippen LogP contribution in [0.1, 0.15) is 55.5 Å². The van der Waals surface area contributed by atoms with Gasteiger partial charge in [0, 0.05) is 17.6 Å². The van der Waals surface area contributed by atoms with Gasteiger partial charge in [-0.05, 0) is 50.2 Å². The van der Waals surface area contributed by atoms with Crippen LogP contribution in [-0.4, -0.2) is 24.2 Å². The molecule has 1 saturated carbocycles. The molecule has 1 aromatic carbocycles. The summed E-state index contributed by atoms with van der Waals surface area (Å²) in [6.07, 6.45) is 6.85. The van der Waals surface area contributed by atoms with Gasteiger partial charge in [0.15, 0.2) is 0 Å². The van der Waals surface area contributed by atoms with Crippen LogP contribution < -0.4 is 10.2 Å². The van der Waals surface area contributed by atoms with Gasteiger partial charge in [-0.25, -0.2) is 4.79 Å². The molecule has 2 aromatic rings. The molecule has 1 aromatic heterocycles. The summed E-state index contributed by atoms with van der Waals surface area (Å²) in [5.74, 6) is 0.919. The van der Waals surface area contributed by atoms with Gasteiger partial charge in [0.25, 0.3) is 0 Å². The van der Waals surface area contributed by atoms with Crippen molar-refractivity contribution in [3.8, 4) is 5.75 Å². The monoisotopic (exact) mass is 343 g/mol. The fraction of sp³-hybridized carbons (Fsp3) is 0.500. The summed E-state index contributed by atoms with van der Waals surface area (Å²) >= 11 is 0. The molecule has 0 saturated heterocycles. The van der Waals surface area contributed by atoms with Crippen molar-refractivity contribution in [3.63, 3.8) is 0 Å². The number of aromatic nitrogens is 1. The number of carbonyl (C=O) groups excluding carboxylic acids is 1. The van der Waals surface area contributed by atoms with E-state index in [-0.39, 0.29) is 17.6 Å². The zero-order valence-corrected chi connectivity index (χ0v) is 14.9. The Balaban J connectivity index is 2.00. The number of nitrogens with one attached hydrogen (secondary N) is 1. The van der Waals surface area contributed by atoms with Crippen molar-refractivity contribution in [2.75, 3.05) is 13.2 Å². The van der Waals surface area contributed by atoms with Crippen LogP contribution in [-0.2, 0) is 11.2 Å². The normalized spacial score (nSPS) is 13.8. The number of H-pyrrole nitrogens is 1. The first-order valence-corrected chi connectivity index (χ1v) is 9.12. The van der Waals surface area contributed by atoms with E-state index in [1.165, 1.54) is 19.0 Å². The molecule has 5 heteroatoms. The Hall–Kier alpha value is -2.30. The highest BCUT2D eigenvalue weighted by Crippen LogP contribution is 2.32. The highest BCUT2D eigenvalue weighted by Gasteiger charge is 2.23. The first-order valence-electron chi connectivity index (χ1n) is 9.12. The topological polar surface area (TPSA) is 68.4 Å². The van der Waals surface area contributed by atoms with Crippen LogP contribution in [0.25, 0.3) is 10.9 Å². The molecule has 1 aliphatic rings. The summed E-state index contributed by atoms with van der Waals surface area (Å²) in [5, 5.41) is 0.510. The number of ether oxygens (including phenoxy) is 2. The van der Waals surface area contributed by atoms with E-state index >= 15 is 0 Å². The Kier molecular flexibility index (Phi) is 5.41. The summed E-state index contributed by atoms with van der Waals surface area (Å²) < 4.78 is 11.0. The standard InChI is InChI=1S/C20H25NO4/c1-3-5-6-14-9-15-17(10-18(14)25-12-13-7-8-13)21-11-16(19(15)22)20(23)24-4-2/h9-11,13H,3-8,12H2,1-2H3,(H,21,22). The third-order valence-corrected chi connectivity index (χ3v) is 4.53. The summed E-state index contributed by atoms with van der Waals surface area (Å²) in [4.78, 5) is 27.7. The molecule has 0 aliphatic heterocycles. The second kappa shape index (κ2) is 7.72. The number of aryl methyl sites for hydroxylation is 1. The second-order valence-electron chi connectivity index (χ2n) is 6.62. The molecule has 0 atom stereocenters. The number of hydrogen-bond donors (Lipinski definition) is 1. The quantitative estimate of drug-likeness (QED) is 0.740. The van der Waals surface area contributed by atoms with Crippen LogP contribution in [0, 0.1) is 5.92 Å². The third-order valence-electron chi connectivity index (χ3n) is 4.53. The molecule has 0 bridgehead atoms. The maximum atomic E-state index is 12.7. The lowest BCUT2D eigenvalue weighted by molar-refractivity contribution is 0.0524. The molecular weight excluding hydrogens is 318 g/mol. The average molecular weight is 343 g/mol. The molecule has 25 heavy (non-hydrogen) atoms. The summed E-state index contributed by atoms with van der Waals surface area (Å²) in [6.45, 7) is 4.83. The summed E-state index contributed by atoms with van der Waals surface area (Å²) in [5.41, 5.74) is 1.46. The Morgan fingerprint density at radius 1 is 1.28 bits per heavy atom. The van der Waals surface area contributed by atoms with Crippen molar-refractivity contribution in [2.24, 2.45) is 5.92 Å². The van der Waals surface area contributed by atoms with Gasteiger partial charge in [-0.15, -0.1) is 0 Å². The predicted molar refractivity (Wildman–Crippen MR) is 97.4 cm³/mol. The van der Waals surface area contributed by atoms with Gasteiger partial charge in [-0.1, -0.05) is 13.3 Å². The molecular formula is C20H25NO4. The molecule has 1 aliphatic carbocycles. The van der Waals surface area contributed by atoms with Gasteiger partial charge in [0.05, 0.1) is 18.7 Å². The molecule has 3 rings (SSSR count). The molecule has 134 valence electrons. The third kappa shape index (κ3) is 4.03. The number of aromatic amines is 1. The molecule has 0 radical (unpaired) electrons. The van der Waals surface area contributed by atoms with Crippen molar-refractivity contribution in [1.82, 2.24) is 4.98 Å². The van der Waals surface area contributed by atoms with Crippen molar-refractivity contribution in [3.05, 3.63) is 39.7 Å². The first-order chi connectivity index (χ1) is 12.1. The number of carbonyl (C=O) groups is 1. The summed E-state index contributed by atoms with van der Waals surface area (Å²) in [6, 6.07) is 3.76. The minimum Gasteiger partial charge on any atom is -0.493 e. The van der Waals surface area contributed by atoms with Crippen LogP contribution in [0.4, 0.5) is 0 Å². The molecule has 0 spiro atoms. The zero-order chi connectivity index (χ0) is 17.8. The van der Waals surface area contributed by atoms with Crippen molar-refractivity contribution in [1.29, 1.82) is 0 Å². The molecule has 0 amide bonds. The van der Waals surface area contributed by atoms with Crippen molar-refractivity contribution in [2.45, 2.75) is 46.0 Å². The fourth-order valence-electron chi connectivity index (χ4n) is 2.84. The smallest absolute Gasteiger partial charge is 0.343 e. The van der Waals surface area contributed by atoms with Crippen LogP contribution >= 0.6 is 0 Å². The number of fused-ring (bicyclic) bond motifs is 1. The van der Waals surface area contributed by atoms with E-state index in [0.717, 1.165) is 37.2 Å². The van der Waals surface area contributed by atoms with Gasteiger partial charge >= 0.3 is 5.97 Å². The Morgan fingerprint density at radius 3 is 2.76 bits per heavy atom. The van der Waals surface area contributed by atoms with E-state index < -0.39 is 5.97 Å². The van der Waals surface area contributed by atoms with Crippen LogP contribution in [0.3, 0.4) is 0 Å². The van der Waals surface area contributed by atoms with Crippen LogP contribution in [0.5, 0.6) is 5.75 Å². The maximum absolute atomic E-state index is 12.7. The number of benzene rings is 1. The second-order valence-corrected chi connectivity index (χ2v) is 6.62. The van der Waals surface area contributed by atoms with E-state index in [0.29, 0.717) is 16.8 Å². The average Bonchev–Trinajstić information content (AvgIpc) is 3.43. The molecule has 1 fully saturated rings. The van der Waals surface area contributed by atoms with Crippen LogP contribution in [0.2, 0.25) is 0 Å². The van der Waals surface area contributed by atoms with E-state index in [1.807, 2.05) is 12.1 Å². The molecule has 0 unspecified atom stereocenters. The van der Waals surface area contributed by atoms with Gasteiger partial charge < -0.3 is 14.5 Å². The summed E-state index contributed by atoms with van der Waals surface area (Å²) in [7, 11) is 0. The predicted octanol–water partition coefficient (Wildman–Crippen LogP) is 3.84. The van der Waals surface area contributed by atoms with Crippen molar-refractivity contribution >= 4 is 16.9 Å². The zero-order valence-electron chi connectivity index (χ0n) is 14.9. The lowest BCUT2D eigenvalue weighted by Crippen LogP contribution is -2.18. The van der Waals surface area contributed by atoms with E-state index in [9.17, 15) is 9.59 Å². The van der Waals surface area contributed by atoms with E-state index in [1.54, 1.807) is 6.92 Å². The molecule has 1 heterocycles. The highest BCUT2D eigenvalue weighted by molar-refractivity contribution is 5.94. The van der Waals surface area contributed by atoms with Gasteiger partial charge in [-0.2, -0.15) is 0 Å². The van der Waals surface area contributed by atoms with Gasteiger partial charge in [0.2, 0.25) is 5.43 Å². The largest absolute Gasteiger partial charge is 0.493 e. The Morgan fingerprint density at radius 2 is 2.08 bits per heavy atom. The Bertz CT molecular complexity index is 820. The van der Waals surface area contributed by atoms with E-state index in [4.69, 9.17) is 9.47 Å². The highest BCUT2D eigenvalue weighted by atomic mass is 16.5. The maximum Gasteiger partial charge on any atom is 0.343 e. The Labute approximate surface area is 147 Å². The minimum atomic E-state index is -0.588. The van der Waals surface area contributed by atoms with E-state index in [2.05, 4.69) is 11.9 Å². The molecule has 1 N–H and O–H groups in total. The number of esters is 1. The van der Waals surface area contributed by atoms with Gasteiger partial charge in [0.1, 0.15) is 11.3 Å². The SMILES string of the molecule is CCCCc1cc2c(=O)c(C(=O)OCC)c[nH]c2cc1OCC1CC1. The minimum absolute atomic E-state index is 0.0439. The van der Waals surface area contributed by atoms with Crippen LogP contribution in [0.15, 0.2) is 23.1 Å². The molecule has 5 nitrogen and oxygen atoms in total. The lowest BCUT2D eigenvalue weighted by atomic mass is 10.0. The van der Waals surface area contributed by atoms with Crippen molar-refractivity contribution < 1.29 is 14.3 Å². The lowest BCUT2D eigenvalue weighted by Gasteiger charge is -2.13.